The van der Waals surface area contributed by atoms with Gasteiger partial charge in [-0.05, 0) is 48.0 Å². The SMILES string of the molecule is COc1cccc(CNC(=O)c2cc3occc3c(Nc3ccc(F)cc3)n2)c1. The molecule has 146 valence electrons. The Bertz CT molecular complexity index is 1160. The van der Waals surface area contributed by atoms with Crippen LogP contribution in [0.15, 0.2) is 71.3 Å². The van der Waals surface area contributed by atoms with Crippen molar-refractivity contribution >= 4 is 28.4 Å². The zero-order valence-electron chi connectivity index (χ0n) is 15.6. The fourth-order valence-electron chi connectivity index (χ4n) is 2.90. The quantitative estimate of drug-likeness (QED) is 0.500. The smallest absolute Gasteiger partial charge is 0.270 e. The Morgan fingerprint density at radius 2 is 1.97 bits per heavy atom. The first-order valence-corrected chi connectivity index (χ1v) is 8.94. The second-order valence-electron chi connectivity index (χ2n) is 6.35. The van der Waals surface area contributed by atoms with Gasteiger partial charge in [0.1, 0.15) is 28.7 Å². The molecule has 0 atom stereocenters. The van der Waals surface area contributed by atoms with Crippen molar-refractivity contribution < 1.29 is 18.3 Å². The Balaban J connectivity index is 1.56. The van der Waals surface area contributed by atoms with Gasteiger partial charge < -0.3 is 19.8 Å². The van der Waals surface area contributed by atoms with Crippen LogP contribution in [-0.2, 0) is 6.54 Å². The number of nitrogens with zero attached hydrogens (tertiary/aromatic N) is 1. The van der Waals surface area contributed by atoms with Crippen LogP contribution >= 0.6 is 0 Å². The maximum atomic E-state index is 13.2. The summed E-state index contributed by atoms with van der Waals surface area (Å²) in [6, 6.07) is 16.7. The number of carbonyl (C=O) groups excluding carboxylic acids is 1. The van der Waals surface area contributed by atoms with E-state index in [2.05, 4.69) is 15.6 Å². The van der Waals surface area contributed by atoms with Crippen molar-refractivity contribution in [2.45, 2.75) is 6.54 Å². The number of pyridine rings is 1. The Hall–Kier alpha value is -3.87. The van der Waals surface area contributed by atoms with Gasteiger partial charge in [0.05, 0.1) is 18.8 Å². The molecule has 0 fully saturated rings. The number of methoxy groups -OCH3 is 1. The third-order valence-corrected chi connectivity index (χ3v) is 4.38. The minimum Gasteiger partial charge on any atom is -0.497 e. The molecule has 7 heteroatoms. The van der Waals surface area contributed by atoms with Crippen molar-refractivity contribution in [1.29, 1.82) is 0 Å². The molecule has 0 unspecified atom stereocenters. The predicted octanol–water partition coefficient (Wildman–Crippen LogP) is 4.65. The van der Waals surface area contributed by atoms with Crippen molar-refractivity contribution in [2.24, 2.45) is 0 Å². The highest BCUT2D eigenvalue weighted by molar-refractivity contribution is 5.99. The third-order valence-electron chi connectivity index (χ3n) is 4.38. The Labute approximate surface area is 166 Å². The summed E-state index contributed by atoms with van der Waals surface area (Å²) in [7, 11) is 1.59. The molecule has 0 saturated carbocycles. The maximum absolute atomic E-state index is 13.2. The number of aromatic nitrogens is 1. The number of ether oxygens (including phenoxy) is 1. The van der Waals surface area contributed by atoms with Crippen molar-refractivity contribution in [3.63, 3.8) is 0 Å². The number of anilines is 2. The van der Waals surface area contributed by atoms with Crippen LogP contribution < -0.4 is 15.4 Å². The molecule has 2 aromatic carbocycles. The number of rotatable bonds is 6. The van der Waals surface area contributed by atoms with Crippen LogP contribution in [0.1, 0.15) is 16.1 Å². The van der Waals surface area contributed by atoms with Gasteiger partial charge in [-0.25, -0.2) is 9.37 Å². The second-order valence-corrected chi connectivity index (χ2v) is 6.35. The minimum absolute atomic E-state index is 0.208. The van der Waals surface area contributed by atoms with Gasteiger partial charge >= 0.3 is 0 Å². The molecule has 4 rings (SSSR count). The number of halogens is 1. The number of carbonyl (C=O) groups is 1. The average Bonchev–Trinajstić information content (AvgIpc) is 3.23. The minimum atomic E-state index is -0.340. The summed E-state index contributed by atoms with van der Waals surface area (Å²) in [4.78, 5) is 17.1. The highest BCUT2D eigenvalue weighted by Gasteiger charge is 2.14. The highest BCUT2D eigenvalue weighted by Crippen LogP contribution is 2.27. The second kappa shape index (κ2) is 8.02. The average molecular weight is 391 g/mol. The molecule has 2 aromatic heterocycles. The van der Waals surface area contributed by atoms with Crippen molar-refractivity contribution in [3.05, 3.63) is 84.0 Å². The summed E-state index contributed by atoms with van der Waals surface area (Å²) in [5, 5.41) is 6.68. The van der Waals surface area contributed by atoms with Crippen molar-refractivity contribution in [2.75, 3.05) is 12.4 Å². The normalized spacial score (nSPS) is 10.7. The van der Waals surface area contributed by atoms with E-state index >= 15 is 0 Å². The number of furan rings is 1. The lowest BCUT2D eigenvalue weighted by Crippen LogP contribution is -2.24. The largest absolute Gasteiger partial charge is 0.497 e. The number of amides is 1. The predicted molar refractivity (Wildman–Crippen MR) is 108 cm³/mol. The molecule has 0 radical (unpaired) electrons. The summed E-state index contributed by atoms with van der Waals surface area (Å²) >= 11 is 0. The molecule has 29 heavy (non-hydrogen) atoms. The van der Waals surface area contributed by atoms with E-state index in [0.717, 1.165) is 16.7 Å². The van der Waals surface area contributed by atoms with Crippen LogP contribution in [-0.4, -0.2) is 18.0 Å². The van der Waals surface area contributed by atoms with Crippen molar-refractivity contribution in [3.8, 4) is 5.75 Å². The molecule has 0 spiro atoms. The number of benzene rings is 2. The van der Waals surface area contributed by atoms with Crippen LogP contribution in [0.5, 0.6) is 5.75 Å². The zero-order valence-corrected chi connectivity index (χ0v) is 15.6. The maximum Gasteiger partial charge on any atom is 0.270 e. The lowest BCUT2D eigenvalue weighted by atomic mass is 10.2. The Morgan fingerprint density at radius 3 is 2.76 bits per heavy atom. The Morgan fingerprint density at radius 1 is 1.14 bits per heavy atom. The first-order chi connectivity index (χ1) is 14.1. The van der Waals surface area contributed by atoms with Gasteiger partial charge in [0.25, 0.3) is 5.91 Å². The van der Waals surface area contributed by atoms with E-state index in [1.165, 1.54) is 18.4 Å². The van der Waals surface area contributed by atoms with Gasteiger partial charge in [0.15, 0.2) is 0 Å². The molecule has 0 bridgehead atoms. The Kier molecular flexibility index (Phi) is 5.11. The molecular weight excluding hydrogens is 373 g/mol. The van der Waals surface area contributed by atoms with E-state index in [-0.39, 0.29) is 17.4 Å². The van der Waals surface area contributed by atoms with Crippen LogP contribution in [0.3, 0.4) is 0 Å². The van der Waals surface area contributed by atoms with Gasteiger partial charge in [-0.15, -0.1) is 0 Å². The van der Waals surface area contributed by atoms with E-state index < -0.39 is 0 Å². The summed E-state index contributed by atoms with van der Waals surface area (Å²) < 4.78 is 23.8. The lowest BCUT2D eigenvalue weighted by molar-refractivity contribution is 0.0946. The summed E-state index contributed by atoms with van der Waals surface area (Å²) in [5.41, 5.74) is 2.29. The summed E-state index contributed by atoms with van der Waals surface area (Å²) in [6.45, 7) is 0.328. The van der Waals surface area contributed by atoms with Gasteiger partial charge in [-0.2, -0.15) is 0 Å². The van der Waals surface area contributed by atoms with Crippen LogP contribution in [0, 0.1) is 5.82 Å². The zero-order chi connectivity index (χ0) is 20.2. The number of hydrogen-bond donors (Lipinski definition) is 2. The number of nitrogens with one attached hydrogen (secondary N) is 2. The molecule has 0 saturated heterocycles. The van der Waals surface area contributed by atoms with Crippen LogP contribution in [0.25, 0.3) is 11.0 Å². The van der Waals surface area contributed by atoms with Crippen LogP contribution in [0.4, 0.5) is 15.9 Å². The topological polar surface area (TPSA) is 76.4 Å². The molecule has 2 N–H and O–H groups in total. The number of fused-ring (bicyclic) bond motifs is 1. The molecule has 0 aliphatic carbocycles. The fourth-order valence-corrected chi connectivity index (χ4v) is 2.90. The van der Waals surface area contributed by atoms with E-state index in [1.54, 1.807) is 31.4 Å². The molecule has 0 aliphatic heterocycles. The van der Waals surface area contributed by atoms with Gasteiger partial charge in [0, 0.05) is 18.3 Å². The van der Waals surface area contributed by atoms with Gasteiger partial charge in [-0.3, -0.25) is 4.79 Å². The number of hydrogen-bond acceptors (Lipinski definition) is 5. The first kappa shape index (κ1) is 18.5. The monoisotopic (exact) mass is 391 g/mol. The fraction of sp³-hybridized carbons (Fsp3) is 0.0909. The van der Waals surface area contributed by atoms with E-state index in [1.807, 2.05) is 24.3 Å². The molecule has 4 aromatic rings. The summed E-state index contributed by atoms with van der Waals surface area (Å²) in [5.74, 6) is 0.503. The molecule has 2 heterocycles. The molecule has 1 amide bonds. The van der Waals surface area contributed by atoms with E-state index in [4.69, 9.17) is 9.15 Å². The first-order valence-electron chi connectivity index (χ1n) is 8.94. The van der Waals surface area contributed by atoms with Gasteiger partial charge in [0.2, 0.25) is 0 Å². The summed E-state index contributed by atoms with van der Waals surface area (Å²) in [6.07, 6.45) is 1.53. The van der Waals surface area contributed by atoms with Gasteiger partial charge in [-0.1, -0.05) is 12.1 Å². The lowest BCUT2D eigenvalue weighted by Gasteiger charge is -2.10. The standard InChI is InChI=1S/C22H18FN3O3/c1-28-17-4-2-3-14(11-17)13-24-22(27)19-12-20-18(9-10-29-20)21(26-19)25-16-7-5-15(23)6-8-16/h2-12H,13H2,1H3,(H,24,27)(H,25,26). The third kappa shape index (κ3) is 4.19. The van der Waals surface area contributed by atoms with E-state index in [9.17, 15) is 9.18 Å². The van der Waals surface area contributed by atoms with E-state index in [0.29, 0.717) is 23.6 Å². The molecule has 6 nitrogen and oxygen atoms in total. The molecule has 0 aliphatic rings. The van der Waals surface area contributed by atoms with Crippen molar-refractivity contribution in [1.82, 2.24) is 10.3 Å². The van der Waals surface area contributed by atoms with Crippen LogP contribution in [0.2, 0.25) is 0 Å². The molecular formula is C22H18FN3O3. The highest BCUT2D eigenvalue weighted by atomic mass is 19.1.